The quantitative estimate of drug-likeness (QED) is 0.540. The molecule has 5 nitrogen and oxygen atoms in total. The number of terminal acetylenes is 1. The van der Waals surface area contributed by atoms with Crippen molar-refractivity contribution in [3.8, 4) is 12.3 Å². The second-order valence-corrected chi connectivity index (χ2v) is 7.79. The van der Waals surface area contributed by atoms with E-state index in [1.807, 2.05) is 0 Å². The molecule has 3 rings (SSSR count). The molecule has 30 heavy (non-hydrogen) atoms. The summed E-state index contributed by atoms with van der Waals surface area (Å²) in [7, 11) is 0. The molecule has 158 valence electrons. The van der Waals surface area contributed by atoms with Crippen LogP contribution in [0, 0.1) is 32.0 Å². The van der Waals surface area contributed by atoms with Gasteiger partial charge in [0.1, 0.15) is 24.1 Å². The maximum atomic E-state index is 14.1. The van der Waals surface area contributed by atoms with Crippen LogP contribution in [0.4, 0.5) is 23.2 Å². The van der Waals surface area contributed by atoms with Gasteiger partial charge in [0.05, 0.1) is 0 Å². The van der Waals surface area contributed by atoms with E-state index in [4.69, 9.17) is 6.42 Å². The minimum absolute atomic E-state index is 0.00224. The van der Waals surface area contributed by atoms with Crippen molar-refractivity contribution in [3.05, 3.63) is 45.2 Å². The van der Waals surface area contributed by atoms with Crippen molar-refractivity contribution in [1.29, 1.82) is 0 Å². The van der Waals surface area contributed by atoms with E-state index in [1.165, 1.54) is 31.4 Å². The Balaban J connectivity index is 2.03. The Hall–Kier alpha value is -2.93. The average molecular weight is 439 g/mol. The van der Waals surface area contributed by atoms with E-state index in [-0.39, 0.29) is 40.5 Å². The fourth-order valence-electron chi connectivity index (χ4n) is 3.40. The molecular weight excluding hydrogens is 422 g/mol. The third-order valence-corrected chi connectivity index (χ3v) is 5.49. The van der Waals surface area contributed by atoms with E-state index in [0.717, 1.165) is 16.2 Å². The number of amides is 2. The molecule has 1 fully saturated rings. The second kappa shape index (κ2) is 8.07. The van der Waals surface area contributed by atoms with E-state index >= 15 is 0 Å². The Labute approximate surface area is 174 Å². The van der Waals surface area contributed by atoms with E-state index in [9.17, 15) is 27.2 Å². The summed E-state index contributed by atoms with van der Waals surface area (Å²) >= 11 is 1.05. The minimum atomic E-state index is -4.56. The van der Waals surface area contributed by atoms with Crippen LogP contribution in [0.1, 0.15) is 33.0 Å². The standard InChI is InChI=1S/C20H17F4N3O2S/c1-4-16-25-14(9-30-16)18(28)27(13-7-11(2)17(21)12(3)8-13)15-5-6-26(19(15)29)10-20(22,23)24/h1,7-9,15H,5-6,10H2,2-3H3. The number of benzene rings is 1. The van der Waals surface area contributed by atoms with Gasteiger partial charge in [-0.3, -0.25) is 14.5 Å². The van der Waals surface area contributed by atoms with E-state index in [2.05, 4.69) is 10.9 Å². The summed E-state index contributed by atoms with van der Waals surface area (Å²) in [5.41, 5.74) is 0.652. The van der Waals surface area contributed by atoms with Gasteiger partial charge in [-0.1, -0.05) is 0 Å². The van der Waals surface area contributed by atoms with Gasteiger partial charge in [0, 0.05) is 17.6 Å². The SMILES string of the molecule is C#Cc1nc(C(=O)N(c2cc(C)c(F)c(C)c2)C2CCN(CC(F)(F)F)C2=O)cs1. The van der Waals surface area contributed by atoms with Gasteiger partial charge in [-0.05, 0) is 49.4 Å². The zero-order chi connectivity index (χ0) is 22.2. The number of hydrogen-bond acceptors (Lipinski definition) is 4. The number of alkyl halides is 3. The molecule has 0 spiro atoms. The van der Waals surface area contributed by atoms with E-state index in [0.29, 0.717) is 4.90 Å². The second-order valence-electron chi connectivity index (χ2n) is 6.93. The number of hydrogen-bond donors (Lipinski definition) is 0. The molecule has 1 atom stereocenters. The molecule has 2 amide bonds. The predicted octanol–water partition coefficient (Wildman–Crippen LogP) is 3.69. The molecule has 0 N–H and O–H groups in total. The first kappa shape index (κ1) is 21.8. The molecule has 10 heteroatoms. The first-order chi connectivity index (χ1) is 14.0. The molecule has 1 aromatic carbocycles. The van der Waals surface area contributed by atoms with Crippen molar-refractivity contribution in [1.82, 2.24) is 9.88 Å². The Morgan fingerprint density at radius 2 is 2.00 bits per heavy atom. The third-order valence-electron chi connectivity index (χ3n) is 4.72. The molecule has 2 heterocycles. The number of thiazole rings is 1. The first-order valence-corrected chi connectivity index (χ1v) is 9.77. The summed E-state index contributed by atoms with van der Waals surface area (Å²) in [4.78, 5) is 31.7. The van der Waals surface area contributed by atoms with Crippen molar-refractivity contribution in [2.75, 3.05) is 18.0 Å². The lowest BCUT2D eigenvalue weighted by Crippen LogP contribution is -2.47. The maximum absolute atomic E-state index is 14.1. The lowest BCUT2D eigenvalue weighted by molar-refractivity contribution is -0.157. The van der Waals surface area contributed by atoms with Gasteiger partial charge in [0.2, 0.25) is 5.91 Å². The van der Waals surface area contributed by atoms with Gasteiger partial charge in [-0.25, -0.2) is 9.37 Å². The summed E-state index contributed by atoms with van der Waals surface area (Å²) in [6, 6.07) is 1.60. The highest BCUT2D eigenvalue weighted by molar-refractivity contribution is 7.10. The van der Waals surface area contributed by atoms with Crippen LogP contribution < -0.4 is 4.90 Å². The topological polar surface area (TPSA) is 53.5 Å². The molecule has 0 saturated carbocycles. The van der Waals surface area contributed by atoms with E-state index in [1.54, 1.807) is 0 Å². The van der Waals surface area contributed by atoms with Crippen molar-refractivity contribution < 1.29 is 27.2 Å². The number of halogens is 4. The summed E-state index contributed by atoms with van der Waals surface area (Å²) in [5, 5.41) is 1.67. The van der Waals surface area contributed by atoms with Crippen LogP contribution in [0.3, 0.4) is 0 Å². The normalized spacial score (nSPS) is 16.6. The van der Waals surface area contributed by atoms with Gasteiger partial charge in [-0.15, -0.1) is 17.8 Å². The highest BCUT2D eigenvalue weighted by atomic mass is 32.1. The molecule has 1 aliphatic rings. The van der Waals surface area contributed by atoms with Crippen molar-refractivity contribution in [2.24, 2.45) is 0 Å². The Morgan fingerprint density at radius 3 is 2.53 bits per heavy atom. The van der Waals surface area contributed by atoms with Crippen LogP contribution in [0.2, 0.25) is 0 Å². The van der Waals surface area contributed by atoms with Crippen molar-refractivity contribution in [2.45, 2.75) is 32.5 Å². The molecule has 1 aliphatic heterocycles. The fraction of sp³-hybridized carbons (Fsp3) is 0.350. The number of carbonyl (C=O) groups is 2. The summed E-state index contributed by atoms with van der Waals surface area (Å²) < 4.78 is 52.5. The highest BCUT2D eigenvalue weighted by Gasteiger charge is 2.44. The van der Waals surface area contributed by atoms with Gasteiger partial charge < -0.3 is 4.90 Å². The van der Waals surface area contributed by atoms with Crippen LogP contribution in [-0.4, -0.2) is 47.0 Å². The molecule has 1 saturated heterocycles. The van der Waals surface area contributed by atoms with Gasteiger partial charge in [0.25, 0.3) is 5.91 Å². The minimum Gasteiger partial charge on any atom is -0.332 e. The number of aromatic nitrogens is 1. The zero-order valence-electron chi connectivity index (χ0n) is 16.1. The van der Waals surface area contributed by atoms with Gasteiger partial charge in [0.15, 0.2) is 5.01 Å². The molecule has 0 radical (unpaired) electrons. The molecule has 1 unspecified atom stereocenters. The van der Waals surface area contributed by atoms with Gasteiger partial charge in [-0.2, -0.15) is 13.2 Å². The summed E-state index contributed by atoms with van der Waals surface area (Å²) in [6.45, 7) is 1.45. The van der Waals surface area contributed by atoms with Crippen LogP contribution in [-0.2, 0) is 4.79 Å². The van der Waals surface area contributed by atoms with Crippen molar-refractivity contribution in [3.63, 3.8) is 0 Å². The lowest BCUT2D eigenvalue weighted by Gasteiger charge is -2.28. The van der Waals surface area contributed by atoms with Crippen molar-refractivity contribution >= 4 is 28.8 Å². The Bertz CT molecular complexity index is 1020. The fourth-order valence-corrected chi connectivity index (χ4v) is 3.99. The molecule has 0 aliphatic carbocycles. The maximum Gasteiger partial charge on any atom is 0.406 e. The van der Waals surface area contributed by atoms with Gasteiger partial charge >= 0.3 is 6.18 Å². The Kier molecular flexibility index (Phi) is 5.85. The number of rotatable bonds is 4. The zero-order valence-corrected chi connectivity index (χ0v) is 16.9. The number of carbonyl (C=O) groups excluding carboxylic acids is 2. The molecule has 2 aromatic rings. The predicted molar refractivity (Wildman–Crippen MR) is 104 cm³/mol. The first-order valence-electron chi connectivity index (χ1n) is 8.90. The number of aryl methyl sites for hydroxylation is 2. The number of likely N-dealkylation sites (tertiary alicyclic amines) is 1. The summed E-state index contributed by atoms with van der Waals surface area (Å²) in [6.07, 6.45) is 0.738. The number of anilines is 1. The van der Waals surface area contributed by atoms with E-state index < -0.39 is 36.4 Å². The van der Waals surface area contributed by atoms with Crippen LogP contribution in [0.25, 0.3) is 0 Å². The molecule has 0 bridgehead atoms. The van der Waals surface area contributed by atoms with Crippen LogP contribution >= 0.6 is 11.3 Å². The monoisotopic (exact) mass is 439 g/mol. The third kappa shape index (κ3) is 4.31. The molecular formula is C20H17F4N3O2S. The van der Waals surface area contributed by atoms with Crippen LogP contribution in [0.15, 0.2) is 17.5 Å². The highest BCUT2D eigenvalue weighted by Crippen LogP contribution is 2.31. The molecule has 1 aromatic heterocycles. The largest absolute Gasteiger partial charge is 0.406 e. The average Bonchev–Trinajstić information content (AvgIpc) is 3.27. The number of nitrogens with zero attached hydrogens (tertiary/aromatic N) is 3. The Morgan fingerprint density at radius 1 is 1.37 bits per heavy atom. The lowest BCUT2D eigenvalue weighted by atomic mass is 10.1. The van der Waals surface area contributed by atoms with Crippen LogP contribution in [0.5, 0.6) is 0 Å². The smallest absolute Gasteiger partial charge is 0.332 e. The summed E-state index contributed by atoms with van der Waals surface area (Å²) in [5.74, 6) is 0.322.